The first-order chi connectivity index (χ1) is 11.9. The fourth-order valence-electron chi connectivity index (χ4n) is 2.40. The van der Waals surface area contributed by atoms with Crippen molar-refractivity contribution in [3.63, 3.8) is 0 Å². The number of aromatic nitrogens is 2. The summed E-state index contributed by atoms with van der Waals surface area (Å²) in [5, 5.41) is 2.90. The number of hydrogen-bond acceptors (Lipinski definition) is 6. The molecule has 1 unspecified atom stereocenters. The zero-order chi connectivity index (χ0) is 17.9. The molecule has 25 heavy (non-hydrogen) atoms. The molecular weight excluding hydrogens is 358 g/mol. The van der Waals surface area contributed by atoms with Crippen LogP contribution in [0, 0.1) is 0 Å². The second-order valence-electron chi connectivity index (χ2n) is 5.45. The first-order valence-corrected chi connectivity index (χ1v) is 10.0. The summed E-state index contributed by atoms with van der Waals surface area (Å²) in [4.78, 5) is 12.6. The maximum atomic E-state index is 12.4. The van der Waals surface area contributed by atoms with Crippen molar-refractivity contribution < 1.29 is 13.2 Å². The molecule has 0 aliphatic carbocycles. The van der Waals surface area contributed by atoms with Gasteiger partial charge in [-0.2, -0.15) is 8.75 Å². The Balaban J connectivity index is 2.01. The van der Waals surface area contributed by atoms with Crippen molar-refractivity contribution in [2.45, 2.75) is 10.9 Å². The van der Waals surface area contributed by atoms with Gasteiger partial charge in [0.05, 0.1) is 28.9 Å². The lowest BCUT2D eigenvalue weighted by Gasteiger charge is -2.20. The van der Waals surface area contributed by atoms with Gasteiger partial charge in [0.25, 0.3) is 5.91 Å². The lowest BCUT2D eigenvalue weighted by molar-refractivity contribution is 0.0939. The van der Waals surface area contributed by atoms with Gasteiger partial charge < -0.3 is 5.32 Å². The van der Waals surface area contributed by atoms with E-state index in [1.54, 1.807) is 18.2 Å². The topological polar surface area (TPSA) is 89.0 Å². The van der Waals surface area contributed by atoms with Gasteiger partial charge in [-0.15, -0.1) is 0 Å². The Morgan fingerprint density at radius 3 is 2.44 bits per heavy atom. The lowest BCUT2D eigenvalue weighted by atomic mass is 9.98. The average Bonchev–Trinajstić information content (AvgIpc) is 3.14. The molecule has 1 N–H and O–H groups in total. The number of benzene rings is 2. The molecule has 2 aromatic carbocycles. The van der Waals surface area contributed by atoms with Crippen LogP contribution in [0.25, 0.3) is 0 Å². The minimum Gasteiger partial charge on any atom is -0.340 e. The van der Waals surface area contributed by atoms with E-state index in [-0.39, 0.29) is 16.5 Å². The maximum Gasteiger partial charge on any atom is 0.273 e. The molecule has 1 amide bonds. The van der Waals surface area contributed by atoms with E-state index in [1.807, 2.05) is 30.3 Å². The molecule has 128 valence electrons. The van der Waals surface area contributed by atoms with Crippen molar-refractivity contribution in [2.24, 2.45) is 0 Å². The van der Waals surface area contributed by atoms with E-state index in [1.165, 1.54) is 12.3 Å². The van der Waals surface area contributed by atoms with Gasteiger partial charge in [0.2, 0.25) is 0 Å². The van der Waals surface area contributed by atoms with Gasteiger partial charge in [-0.3, -0.25) is 4.79 Å². The van der Waals surface area contributed by atoms with Crippen LogP contribution in [0.1, 0.15) is 27.7 Å². The predicted octanol–water partition coefficient (Wildman–Crippen LogP) is 2.46. The monoisotopic (exact) mass is 373 g/mol. The molecule has 0 fully saturated rings. The smallest absolute Gasteiger partial charge is 0.273 e. The third kappa shape index (κ3) is 4.09. The highest BCUT2D eigenvalue weighted by molar-refractivity contribution is 7.90. The van der Waals surface area contributed by atoms with Gasteiger partial charge in [-0.25, -0.2) is 8.42 Å². The fraction of sp³-hybridized carbons (Fsp3) is 0.118. The van der Waals surface area contributed by atoms with Crippen LogP contribution in [-0.4, -0.2) is 29.3 Å². The van der Waals surface area contributed by atoms with Crippen LogP contribution in [0.4, 0.5) is 0 Å². The van der Waals surface area contributed by atoms with Crippen LogP contribution in [0.3, 0.4) is 0 Å². The molecule has 1 aromatic heterocycles. The SMILES string of the molecule is CS(=O)(=O)c1cccc(C(NC(=O)c2cnsn2)c2ccccc2)c1. The lowest BCUT2D eigenvalue weighted by Crippen LogP contribution is -2.29. The summed E-state index contributed by atoms with van der Waals surface area (Å²) < 4.78 is 31.5. The average molecular weight is 373 g/mol. The summed E-state index contributed by atoms with van der Waals surface area (Å²) in [5.41, 5.74) is 1.74. The predicted molar refractivity (Wildman–Crippen MR) is 95.2 cm³/mol. The quantitative estimate of drug-likeness (QED) is 0.742. The molecule has 0 spiro atoms. The van der Waals surface area contributed by atoms with E-state index in [9.17, 15) is 13.2 Å². The van der Waals surface area contributed by atoms with E-state index in [0.717, 1.165) is 23.5 Å². The van der Waals surface area contributed by atoms with Crippen LogP contribution < -0.4 is 5.32 Å². The highest BCUT2D eigenvalue weighted by Crippen LogP contribution is 2.24. The number of nitrogens with zero attached hydrogens (tertiary/aromatic N) is 2. The van der Waals surface area contributed by atoms with Crippen molar-refractivity contribution in [2.75, 3.05) is 6.26 Å². The van der Waals surface area contributed by atoms with Crippen molar-refractivity contribution in [3.05, 3.63) is 77.6 Å². The van der Waals surface area contributed by atoms with Gasteiger partial charge in [0.15, 0.2) is 15.5 Å². The number of hydrogen-bond donors (Lipinski definition) is 1. The first-order valence-electron chi connectivity index (χ1n) is 7.38. The molecule has 8 heteroatoms. The van der Waals surface area contributed by atoms with Crippen LogP contribution in [0.15, 0.2) is 65.7 Å². The van der Waals surface area contributed by atoms with Crippen LogP contribution in [-0.2, 0) is 9.84 Å². The number of rotatable bonds is 5. The maximum absolute atomic E-state index is 12.4. The minimum atomic E-state index is -3.35. The van der Waals surface area contributed by atoms with Crippen molar-refractivity contribution in [1.29, 1.82) is 0 Å². The third-order valence-electron chi connectivity index (χ3n) is 3.62. The number of carbonyl (C=O) groups excluding carboxylic acids is 1. The molecule has 3 rings (SSSR count). The molecule has 0 saturated heterocycles. The molecule has 0 bridgehead atoms. The zero-order valence-corrected chi connectivity index (χ0v) is 14.9. The number of carbonyl (C=O) groups is 1. The van der Waals surface area contributed by atoms with E-state index >= 15 is 0 Å². The Labute approximate surface area is 149 Å². The molecule has 1 heterocycles. The van der Waals surface area contributed by atoms with Gasteiger partial charge in [-0.05, 0) is 23.3 Å². The minimum absolute atomic E-state index is 0.204. The standard InChI is InChI=1S/C17H15N3O3S2/c1-25(22,23)14-9-5-8-13(10-14)16(12-6-3-2-4-7-12)19-17(21)15-11-18-24-20-15/h2-11,16H,1H3,(H,19,21). The third-order valence-corrected chi connectivity index (χ3v) is 5.21. The highest BCUT2D eigenvalue weighted by Gasteiger charge is 2.20. The summed E-state index contributed by atoms with van der Waals surface area (Å²) in [7, 11) is -3.35. The van der Waals surface area contributed by atoms with Crippen LogP contribution >= 0.6 is 11.7 Å². The van der Waals surface area contributed by atoms with E-state index < -0.39 is 15.9 Å². The number of sulfone groups is 1. The second-order valence-corrected chi connectivity index (χ2v) is 8.03. The van der Waals surface area contributed by atoms with Crippen molar-refractivity contribution >= 4 is 27.5 Å². The largest absolute Gasteiger partial charge is 0.340 e. The Kier molecular flexibility index (Phi) is 4.91. The summed E-state index contributed by atoms with van der Waals surface area (Å²) in [6.45, 7) is 0. The van der Waals surface area contributed by atoms with Gasteiger partial charge >= 0.3 is 0 Å². The molecule has 3 aromatic rings. The van der Waals surface area contributed by atoms with E-state index in [0.29, 0.717) is 5.56 Å². The molecular formula is C17H15N3O3S2. The normalized spacial score (nSPS) is 12.5. The van der Waals surface area contributed by atoms with E-state index in [4.69, 9.17) is 0 Å². The fourth-order valence-corrected chi connectivity index (χ4v) is 3.49. The van der Waals surface area contributed by atoms with Gasteiger partial charge in [0.1, 0.15) is 0 Å². The van der Waals surface area contributed by atoms with Crippen molar-refractivity contribution in [3.8, 4) is 0 Å². The van der Waals surface area contributed by atoms with E-state index in [2.05, 4.69) is 14.1 Å². The second kappa shape index (κ2) is 7.12. The molecule has 1 atom stereocenters. The first kappa shape index (κ1) is 17.2. The summed E-state index contributed by atoms with van der Waals surface area (Å²) in [6.07, 6.45) is 2.55. The zero-order valence-electron chi connectivity index (χ0n) is 13.3. The summed E-state index contributed by atoms with van der Waals surface area (Å²) in [6, 6.07) is 15.4. The molecule has 0 aliphatic heterocycles. The van der Waals surface area contributed by atoms with Crippen molar-refractivity contribution in [1.82, 2.24) is 14.1 Å². The Bertz CT molecular complexity index is 971. The molecule has 0 aliphatic rings. The highest BCUT2D eigenvalue weighted by atomic mass is 32.2. The van der Waals surface area contributed by atoms with Crippen LogP contribution in [0.5, 0.6) is 0 Å². The number of nitrogens with one attached hydrogen (secondary N) is 1. The molecule has 6 nitrogen and oxygen atoms in total. The van der Waals surface area contributed by atoms with Gasteiger partial charge in [-0.1, -0.05) is 42.5 Å². The Morgan fingerprint density at radius 2 is 1.80 bits per heavy atom. The molecule has 0 radical (unpaired) electrons. The Hall–Kier alpha value is -2.58. The summed E-state index contributed by atoms with van der Waals surface area (Å²) >= 11 is 0.952. The molecule has 0 saturated carbocycles. The Morgan fingerprint density at radius 1 is 1.08 bits per heavy atom. The summed E-state index contributed by atoms with van der Waals surface area (Å²) in [5.74, 6) is -0.368. The van der Waals surface area contributed by atoms with Crippen LogP contribution in [0.2, 0.25) is 0 Å². The number of amides is 1. The van der Waals surface area contributed by atoms with Gasteiger partial charge in [0, 0.05) is 6.26 Å².